The first-order valence-corrected chi connectivity index (χ1v) is 10.9. The first-order valence-electron chi connectivity index (χ1n) is 9.29. The Bertz CT molecular complexity index is 850. The summed E-state index contributed by atoms with van der Waals surface area (Å²) in [7, 11) is -3.12. The molecule has 8 heteroatoms. The van der Waals surface area contributed by atoms with Gasteiger partial charge in [0.05, 0.1) is 11.4 Å². The lowest BCUT2D eigenvalue weighted by atomic mass is 9.86. The number of aromatic nitrogens is 2. The lowest BCUT2D eigenvalue weighted by Crippen LogP contribution is -2.34. The molecule has 0 amide bonds. The van der Waals surface area contributed by atoms with E-state index in [0.29, 0.717) is 29.5 Å². The molecule has 2 N–H and O–H groups in total. The second-order valence-corrected chi connectivity index (χ2v) is 8.99. The van der Waals surface area contributed by atoms with Crippen molar-refractivity contribution in [3.05, 3.63) is 42.2 Å². The minimum absolute atomic E-state index is 0.117. The average molecular weight is 393 g/mol. The number of benzene rings is 1. The molecule has 1 aromatic carbocycles. The number of nitrogens with zero attached hydrogens (tertiary/aromatic N) is 2. The maximum atomic E-state index is 13.8. The van der Waals surface area contributed by atoms with Crippen LogP contribution in [0.25, 0.3) is 11.3 Å². The molecule has 0 saturated heterocycles. The van der Waals surface area contributed by atoms with E-state index in [0.717, 1.165) is 25.7 Å². The molecule has 27 heavy (non-hydrogen) atoms. The Labute approximate surface area is 159 Å². The normalized spacial score (nSPS) is 20.4. The summed E-state index contributed by atoms with van der Waals surface area (Å²) < 4.78 is 39.6. The number of nitrogens with one attached hydrogen (secondary N) is 2. The molecule has 0 radical (unpaired) electrons. The lowest BCUT2D eigenvalue weighted by Gasteiger charge is -2.29. The number of anilines is 1. The summed E-state index contributed by atoms with van der Waals surface area (Å²) in [4.78, 5) is 0. The molecule has 0 bridgehead atoms. The summed E-state index contributed by atoms with van der Waals surface area (Å²) in [5.74, 6) is 0.847. The highest BCUT2D eigenvalue weighted by atomic mass is 32.2. The third-order valence-electron chi connectivity index (χ3n) is 4.99. The second kappa shape index (κ2) is 8.75. The molecule has 6 nitrogen and oxygen atoms in total. The topological polar surface area (TPSA) is 84.0 Å². The molecule has 1 aromatic heterocycles. The van der Waals surface area contributed by atoms with E-state index in [1.807, 2.05) is 6.07 Å². The molecule has 1 aliphatic rings. The van der Waals surface area contributed by atoms with Crippen molar-refractivity contribution in [2.24, 2.45) is 5.92 Å². The van der Waals surface area contributed by atoms with Gasteiger partial charge in [0.1, 0.15) is 11.6 Å². The molecule has 2 aromatic rings. The number of hydrogen-bond acceptors (Lipinski definition) is 5. The molecule has 1 aliphatic carbocycles. The standard InChI is InChI=1S/C19H25FN4O2S/c1-2-27(25,26)21-13-14-7-9-15(10-8-14)22-19-12-11-18(23-24-19)16-5-3-4-6-17(16)20/h3-6,11-12,14-15,21H,2,7-10,13H2,1H3,(H,22,24)/t14-,15-. The number of rotatable bonds is 7. The van der Waals surface area contributed by atoms with E-state index in [-0.39, 0.29) is 17.6 Å². The van der Waals surface area contributed by atoms with Crippen molar-refractivity contribution >= 4 is 15.8 Å². The Kier molecular flexibility index (Phi) is 6.38. The van der Waals surface area contributed by atoms with E-state index in [1.54, 1.807) is 31.2 Å². The molecule has 0 aliphatic heterocycles. The molecule has 1 saturated carbocycles. The van der Waals surface area contributed by atoms with Gasteiger partial charge in [-0.05, 0) is 62.8 Å². The van der Waals surface area contributed by atoms with Crippen LogP contribution in [0.5, 0.6) is 0 Å². The maximum absolute atomic E-state index is 13.8. The average Bonchev–Trinajstić information content (AvgIpc) is 2.69. The van der Waals surface area contributed by atoms with Gasteiger partial charge in [0.25, 0.3) is 0 Å². The summed E-state index contributed by atoms with van der Waals surface area (Å²) >= 11 is 0. The quantitative estimate of drug-likeness (QED) is 0.756. The smallest absolute Gasteiger partial charge is 0.211 e. The first kappa shape index (κ1) is 19.7. The van der Waals surface area contributed by atoms with Crippen LogP contribution in [0.2, 0.25) is 0 Å². The Morgan fingerprint density at radius 3 is 2.44 bits per heavy atom. The third kappa shape index (κ3) is 5.46. The van der Waals surface area contributed by atoms with Crippen molar-refractivity contribution in [3.8, 4) is 11.3 Å². The Balaban J connectivity index is 1.50. The second-order valence-electron chi connectivity index (χ2n) is 6.90. The monoisotopic (exact) mass is 392 g/mol. The van der Waals surface area contributed by atoms with E-state index >= 15 is 0 Å². The van der Waals surface area contributed by atoms with Crippen LogP contribution in [0.4, 0.5) is 10.2 Å². The molecule has 1 fully saturated rings. The van der Waals surface area contributed by atoms with Crippen molar-refractivity contribution in [2.75, 3.05) is 17.6 Å². The number of halogens is 1. The van der Waals surface area contributed by atoms with Gasteiger partial charge >= 0.3 is 0 Å². The highest BCUT2D eigenvalue weighted by Crippen LogP contribution is 2.26. The molecular formula is C19H25FN4O2S. The van der Waals surface area contributed by atoms with Crippen LogP contribution in [0, 0.1) is 11.7 Å². The van der Waals surface area contributed by atoms with Crippen LogP contribution < -0.4 is 10.0 Å². The highest BCUT2D eigenvalue weighted by molar-refractivity contribution is 7.89. The first-order chi connectivity index (χ1) is 13.0. The van der Waals surface area contributed by atoms with Gasteiger partial charge in [-0.1, -0.05) is 12.1 Å². The Hall–Kier alpha value is -2.06. The number of sulfonamides is 1. The van der Waals surface area contributed by atoms with Crippen LogP contribution in [-0.4, -0.2) is 37.0 Å². The summed E-state index contributed by atoms with van der Waals surface area (Å²) in [6, 6.07) is 10.4. The van der Waals surface area contributed by atoms with Crippen LogP contribution >= 0.6 is 0 Å². The zero-order valence-corrected chi connectivity index (χ0v) is 16.2. The highest BCUT2D eigenvalue weighted by Gasteiger charge is 2.22. The zero-order chi connectivity index (χ0) is 19.3. The summed E-state index contributed by atoms with van der Waals surface area (Å²) in [6.45, 7) is 2.15. The van der Waals surface area contributed by atoms with E-state index in [2.05, 4.69) is 20.2 Å². The zero-order valence-electron chi connectivity index (χ0n) is 15.4. The number of hydrogen-bond donors (Lipinski definition) is 2. The SMILES string of the molecule is CCS(=O)(=O)NC[C@H]1CC[C@H](Nc2ccc(-c3ccccc3F)nn2)CC1. The Morgan fingerprint density at radius 1 is 1.07 bits per heavy atom. The molecule has 0 atom stereocenters. The lowest BCUT2D eigenvalue weighted by molar-refractivity contribution is 0.337. The summed E-state index contributed by atoms with van der Waals surface area (Å²) in [5.41, 5.74) is 0.942. The molecule has 1 heterocycles. The predicted octanol–water partition coefficient (Wildman–Crippen LogP) is 3.19. The van der Waals surface area contributed by atoms with Gasteiger partial charge in [0, 0.05) is 18.2 Å². The van der Waals surface area contributed by atoms with Crippen LogP contribution in [0.3, 0.4) is 0 Å². The van der Waals surface area contributed by atoms with Gasteiger partial charge in [-0.15, -0.1) is 10.2 Å². The molecule has 3 rings (SSSR count). The van der Waals surface area contributed by atoms with Gasteiger partial charge in [-0.3, -0.25) is 0 Å². The molecule has 0 unspecified atom stereocenters. The largest absolute Gasteiger partial charge is 0.366 e. The predicted molar refractivity (Wildman–Crippen MR) is 104 cm³/mol. The fourth-order valence-electron chi connectivity index (χ4n) is 3.29. The van der Waals surface area contributed by atoms with Crippen LogP contribution in [-0.2, 0) is 10.0 Å². The van der Waals surface area contributed by atoms with Gasteiger partial charge in [-0.2, -0.15) is 0 Å². The molecule has 146 valence electrons. The van der Waals surface area contributed by atoms with E-state index in [9.17, 15) is 12.8 Å². The van der Waals surface area contributed by atoms with Crippen molar-refractivity contribution in [1.29, 1.82) is 0 Å². The summed E-state index contributed by atoms with van der Waals surface area (Å²) in [6.07, 6.45) is 3.83. The summed E-state index contributed by atoms with van der Waals surface area (Å²) in [5, 5.41) is 11.7. The maximum Gasteiger partial charge on any atom is 0.211 e. The van der Waals surface area contributed by atoms with E-state index in [4.69, 9.17) is 0 Å². The van der Waals surface area contributed by atoms with Crippen LogP contribution in [0.1, 0.15) is 32.6 Å². The van der Waals surface area contributed by atoms with Crippen molar-refractivity contribution < 1.29 is 12.8 Å². The minimum atomic E-state index is -3.12. The van der Waals surface area contributed by atoms with E-state index < -0.39 is 10.0 Å². The van der Waals surface area contributed by atoms with Crippen molar-refractivity contribution in [2.45, 2.75) is 38.6 Å². The van der Waals surface area contributed by atoms with Gasteiger partial charge in [-0.25, -0.2) is 17.5 Å². The molecule has 0 spiro atoms. The van der Waals surface area contributed by atoms with Crippen molar-refractivity contribution in [1.82, 2.24) is 14.9 Å². The third-order valence-corrected chi connectivity index (χ3v) is 6.35. The molecular weight excluding hydrogens is 367 g/mol. The van der Waals surface area contributed by atoms with Gasteiger partial charge < -0.3 is 5.32 Å². The Morgan fingerprint density at radius 2 is 1.81 bits per heavy atom. The van der Waals surface area contributed by atoms with E-state index in [1.165, 1.54) is 6.07 Å². The van der Waals surface area contributed by atoms with Gasteiger partial charge in [0.2, 0.25) is 10.0 Å². The van der Waals surface area contributed by atoms with Gasteiger partial charge in [0.15, 0.2) is 0 Å². The fraction of sp³-hybridized carbons (Fsp3) is 0.474. The fourth-order valence-corrected chi connectivity index (χ4v) is 3.98. The van der Waals surface area contributed by atoms with Crippen LogP contribution in [0.15, 0.2) is 36.4 Å². The van der Waals surface area contributed by atoms with Crippen molar-refractivity contribution in [3.63, 3.8) is 0 Å². The minimum Gasteiger partial charge on any atom is -0.366 e.